The van der Waals surface area contributed by atoms with Crippen LogP contribution in [0.3, 0.4) is 0 Å². The average Bonchev–Trinajstić information content (AvgIpc) is 2.98. The highest BCUT2D eigenvalue weighted by atomic mass is 16.6. The van der Waals surface area contributed by atoms with Crippen LogP contribution in [0.5, 0.6) is 0 Å². The molecular formula is C16H20N2O3. The number of nitro benzene ring substituents is 1. The first-order valence-electron chi connectivity index (χ1n) is 7.15. The molecule has 0 aliphatic heterocycles. The van der Waals surface area contributed by atoms with Crippen molar-refractivity contribution in [2.75, 3.05) is 7.05 Å². The fourth-order valence-electron chi connectivity index (χ4n) is 2.57. The lowest BCUT2D eigenvalue weighted by Crippen LogP contribution is -2.30. The molecule has 1 aromatic rings. The second kappa shape index (κ2) is 6.52. The topological polar surface area (TPSA) is 63.5 Å². The van der Waals surface area contributed by atoms with Gasteiger partial charge in [-0.25, -0.2) is 0 Å². The molecule has 1 amide bonds. The Bertz CT molecular complexity index is 568. The van der Waals surface area contributed by atoms with Gasteiger partial charge in [0.25, 0.3) is 5.69 Å². The number of nitro groups is 1. The largest absolute Gasteiger partial charge is 0.339 e. The van der Waals surface area contributed by atoms with Gasteiger partial charge in [0.05, 0.1) is 11.0 Å². The van der Waals surface area contributed by atoms with Crippen LogP contribution in [0.1, 0.15) is 37.8 Å². The van der Waals surface area contributed by atoms with Crippen molar-refractivity contribution in [3.63, 3.8) is 0 Å². The maximum absolute atomic E-state index is 12.3. The van der Waals surface area contributed by atoms with Gasteiger partial charge < -0.3 is 4.90 Å². The minimum Gasteiger partial charge on any atom is -0.339 e. The van der Waals surface area contributed by atoms with E-state index in [0.29, 0.717) is 12.3 Å². The summed E-state index contributed by atoms with van der Waals surface area (Å²) in [6, 6.07) is 6.28. The molecule has 2 rings (SSSR count). The Morgan fingerprint density at radius 2 is 2.29 bits per heavy atom. The maximum atomic E-state index is 12.3. The van der Waals surface area contributed by atoms with Crippen molar-refractivity contribution in [2.45, 2.75) is 32.2 Å². The molecule has 5 nitrogen and oxygen atoms in total. The standard InChI is InChI=1S/C16H20N2O3/c1-12(14-8-5-9-15(11-14)18(20)21)17(2)16(19)10-13-6-3-4-7-13/h3,5-6,8-9,11-13H,4,7,10H2,1-2H3. The van der Waals surface area contributed by atoms with Crippen molar-refractivity contribution in [2.24, 2.45) is 5.92 Å². The van der Waals surface area contributed by atoms with Crippen molar-refractivity contribution < 1.29 is 9.72 Å². The molecule has 0 N–H and O–H groups in total. The van der Waals surface area contributed by atoms with Crippen LogP contribution in [-0.4, -0.2) is 22.8 Å². The lowest BCUT2D eigenvalue weighted by Gasteiger charge is -2.26. The molecule has 0 aromatic heterocycles. The summed E-state index contributed by atoms with van der Waals surface area (Å²) in [5.74, 6) is 0.405. The van der Waals surface area contributed by atoms with Crippen molar-refractivity contribution in [1.29, 1.82) is 0 Å². The molecule has 112 valence electrons. The number of non-ortho nitro benzene ring substituents is 1. The molecule has 0 heterocycles. The van der Waals surface area contributed by atoms with E-state index in [0.717, 1.165) is 18.4 Å². The second-order valence-electron chi connectivity index (χ2n) is 5.50. The van der Waals surface area contributed by atoms with Gasteiger partial charge in [-0.05, 0) is 31.2 Å². The van der Waals surface area contributed by atoms with Crippen molar-refractivity contribution in [3.05, 3.63) is 52.1 Å². The third-order valence-electron chi connectivity index (χ3n) is 4.09. The number of nitrogens with zero attached hydrogens (tertiary/aromatic N) is 2. The van der Waals surface area contributed by atoms with Gasteiger partial charge in [-0.1, -0.05) is 24.3 Å². The van der Waals surface area contributed by atoms with E-state index in [2.05, 4.69) is 12.2 Å². The Kier molecular flexibility index (Phi) is 4.73. The third kappa shape index (κ3) is 3.68. The number of carbonyl (C=O) groups excluding carboxylic acids is 1. The normalized spacial score (nSPS) is 18.5. The summed E-state index contributed by atoms with van der Waals surface area (Å²) in [4.78, 5) is 24.4. The molecule has 2 unspecified atom stereocenters. The van der Waals surface area contributed by atoms with Gasteiger partial charge in [-0.2, -0.15) is 0 Å². The highest BCUT2D eigenvalue weighted by Gasteiger charge is 2.22. The van der Waals surface area contributed by atoms with Gasteiger partial charge in [-0.15, -0.1) is 0 Å². The fraction of sp³-hybridized carbons (Fsp3) is 0.438. The first-order chi connectivity index (χ1) is 9.99. The zero-order valence-electron chi connectivity index (χ0n) is 12.4. The summed E-state index contributed by atoms with van der Waals surface area (Å²) in [7, 11) is 1.75. The molecule has 1 aliphatic rings. The monoisotopic (exact) mass is 288 g/mol. The molecule has 0 spiro atoms. The lowest BCUT2D eigenvalue weighted by atomic mass is 10.0. The molecule has 0 saturated heterocycles. The van der Waals surface area contributed by atoms with Crippen molar-refractivity contribution in [3.8, 4) is 0 Å². The third-order valence-corrected chi connectivity index (χ3v) is 4.09. The Morgan fingerprint density at radius 3 is 2.90 bits per heavy atom. The first kappa shape index (κ1) is 15.2. The van der Waals surface area contributed by atoms with Crippen LogP contribution in [0.25, 0.3) is 0 Å². The Morgan fingerprint density at radius 1 is 1.52 bits per heavy atom. The van der Waals surface area contributed by atoms with E-state index < -0.39 is 4.92 Å². The van der Waals surface area contributed by atoms with E-state index in [-0.39, 0.29) is 17.6 Å². The Balaban J connectivity index is 2.05. The summed E-state index contributed by atoms with van der Waals surface area (Å²) in [5, 5.41) is 10.8. The van der Waals surface area contributed by atoms with Crippen LogP contribution in [0.2, 0.25) is 0 Å². The molecular weight excluding hydrogens is 268 g/mol. The second-order valence-corrected chi connectivity index (χ2v) is 5.50. The zero-order chi connectivity index (χ0) is 15.4. The molecule has 0 bridgehead atoms. The highest BCUT2D eigenvalue weighted by Crippen LogP contribution is 2.26. The quantitative estimate of drug-likeness (QED) is 0.473. The number of carbonyl (C=O) groups is 1. The first-order valence-corrected chi connectivity index (χ1v) is 7.15. The molecule has 1 aromatic carbocycles. The number of rotatable bonds is 5. The SMILES string of the molecule is CC(c1cccc([N+](=O)[O-])c1)N(C)C(=O)CC1C=CCC1. The van der Waals surface area contributed by atoms with Crippen molar-refractivity contribution in [1.82, 2.24) is 4.90 Å². The molecule has 2 atom stereocenters. The summed E-state index contributed by atoms with van der Waals surface area (Å²) >= 11 is 0. The van der Waals surface area contributed by atoms with E-state index in [9.17, 15) is 14.9 Å². The molecule has 0 saturated carbocycles. The van der Waals surface area contributed by atoms with Gasteiger partial charge in [0.1, 0.15) is 0 Å². The van der Waals surface area contributed by atoms with Gasteiger partial charge in [-0.3, -0.25) is 14.9 Å². The minimum absolute atomic E-state index is 0.0546. The predicted octanol–water partition coefficient (Wildman–Crippen LogP) is 3.47. The van der Waals surface area contributed by atoms with Crippen LogP contribution in [0.4, 0.5) is 5.69 Å². The summed E-state index contributed by atoms with van der Waals surface area (Å²) in [6.07, 6.45) is 6.80. The van der Waals surface area contributed by atoms with Crippen LogP contribution >= 0.6 is 0 Å². The zero-order valence-corrected chi connectivity index (χ0v) is 12.4. The van der Waals surface area contributed by atoms with Crippen LogP contribution in [0.15, 0.2) is 36.4 Å². The fourth-order valence-corrected chi connectivity index (χ4v) is 2.57. The van der Waals surface area contributed by atoms with Gasteiger partial charge in [0, 0.05) is 25.6 Å². The number of benzene rings is 1. The number of amides is 1. The van der Waals surface area contributed by atoms with Gasteiger partial charge >= 0.3 is 0 Å². The lowest BCUT2D eigenvalue weighted by molar-refractivity contribution is -0.384. The summed E-state index contributed by atoms with van der Waals surface area (Å²) < 4.78 is 0. The average molecular weight is 288 g/mol. The summed E-state index contributed by atoms with van der Waals surface area (Å²) in [6.45, 7) is 1.89. The molecule has 21 heavy (non-hydrogen) atoms. The predicted molar refractivity (Wildman–Crippen MR) is 80.8 cm³/mol. The van der Waals surface area contributed by atoms with E-state index in [4.69, 9.17) is 0 Å². The van der Waals surface area contributed by atoms with E-state index in [1.807, 2.05) is 13.0 Å². The van der Waals surface area contributed by atoms with Crippen molar-refractivity contribution >= 4 is 11.6 Å². The molecule has 0 fully saturated rings. The summed E-state index contributed by atoms with van der Waals surface area (Å²) in [5.41, 5.74) is 0.834. The Labute approximate surface area is 124 Å². The number of hydrogen-bond acceptors (Lipinski definition) is 3. The van der Waals surface area contributed by atoms with Crippen LogP contribution < -0.4 is 0 Å². The van der Waals surface area contributed by atoms with Gasteiger partial charge in [0.2, 0.25) is 5.91 Å². The van der Waals surface area contributed by atoms with E-state index >= 15 is 0 Å². The number of hydrogen-bond donors (Lipinski definition) is 0. The molecule has 5 heteroatoms. The van der Waals surface area contributed by atoms with E-state index in [1.54, 1.807) is 18.0 Å². The highest BCUT2D eigenvalue weighted by molar-refractivity contribution is 5.77. The molecule has 0 radical (unpaired) electrons. The smallest absolute Gasteiger partial charge is 0.269 e. The van der Waals surface area contributed by atoms with Gasteiger partial charge in [0.15, 0.2) is 0 Å². The van der Waals surface area contributed by atoms with Crippen LogP contribution in [0, 0.1) is 16.0 Å². The molecule has 1 aliphatic carbocycles. The minimum atomic E-state index is -0.415. The number of allylic oxidation sites excluding steroid dienone is 2. The Hall–Kier alpha value is -2.17. The van der Waals surface area contributed by atoms with E-state index in [1.165, 1.54) is 12.1 Å². The maximum Gasteiger partial charge on any atom is 0.269 e. The van der Waals surface area contributed by atoms with Crippen LogP contribution in [-0.2, 0) is 4.79 Å².